The Morgan fingerprint density at radius 2 is 1.74 bits per heavy atom. The van der Waals surface area contributed by atoms with Crippen LogP contribution in [0.2, 0.25) is 0 Å². The van der Waals surface area contributed by atoms with Crippen molar-refractivity contribution in [2.75, 3.05) is 11.9 Å². The van der Waals surface area contributed by atoms with E-state index in [4.69, 9.17) is 4.42 Å². The van der Waals surface area contributed by atoms with Gasteiger partial charge in [-0.25, -0.2) is 0 Å². The summed E-state index contributed by atoms with van der Waals surface area (Å²) in [6.45, 7) is 0.536. The van der Waals surface area contributed by atoms with E-state index in [2.05, 4.69) is 15.7 Å². The summed E-state index contributed by atoms with van der Waals surface area (Å²) in [6.07, 6.45) is 5.05. The van der Waals surface area contributed by atoms with Crippen molar-refractivity contribution >= 4 is 29.3 Å². The van der Waals surface area contributed by atoms with E-state index in [1.54, 1.807) is 43.4 Å². The molecule has 4 rings (SSSR count). The van der Waals surface area contributed by atoms with E-state index < -0.39 is 0 Å². The Labute approximate surface area is 195 Å². The van der Waals surface area contributed by atoms with Crippen LogP contribution in [0.15, 0.2) is 53.3 Å². The lowest BCUT2D eigenvalue weighted by atomic mass is 10.1. The number of anilines is 1. The summed E-state index contributed by atoms with van der Waals surface area (Å²) in [5.41, 5.74) is 1.45. The van der Waals surface area contributed by atoms with Crippen molar-refractivity contribution in [2.24, 2.45) is 7.05 Å². The fourth-order valence-corrected chi connectivity index (χ4v) is 3.85. The molecule has 0 radical (unpaired) electrons. The van der Waals surface area contributed by atoms with E-state index in [0.29, 0.717) is 48.4 Å². The molecule has 0 atom stereocenters. The highest BCUT2D eigenvalue weighted by Gasteiger charge is 2.34. The largest absolute Gasteiger partial charge is 0.467 e. The van der Waals surface area contributed by atoms with Gasteiger partial charge in [0.05, 0.1) is 35.8 Å². The number of rotatable bonds is 10. The van der Waals surface area contributed by atoms with Crippen LogP contribution in [0.1, 0.15) is 62.6 Å². The quantitative estimate of drug-likeness (QED) is 0.352. The predicted octanol–water partition coefficient (Wildman–Crippen LogP) is 2.74. The molecule has 10 heteroatoms. The van der Waals surface area contributed by atoms with Crippen LogP contribution in [0.25, 0.3) is 0 Å². The van der Waals surface area contributed by atoms with Crippen LogP contribution in [-0.4, -0.2) is 44.9 Å². The summed E-state index contributed by atoms with van der Waals surface area (Å²) in [6, 6.07) is 10.3. The number of fused-ring (bicyclic) bond motifs is 1. The van der Waals surface area contributed by atoms with Crippen molar-refractivity contribution < 1.29 is 23.6 Å². The van der Waals surface area contributed by atoms with Gasteiger partial charge in [0.25, 0.3) is 17.7 Å². The van der Waals surface area contributed by atoms with E-state index in [-0.39, 0.29) is 42.3 Å². The summed E-state index contributed by atoms with van der Waals surface area (Å²) in [7, 11) is 1.62. The molecule has 0 spiro atoms. The topological polar surface area (TPSA) is 127 Å². The van der Waals surface area contributed by atoms with Crippen LogP contribution in [0.3, 0.4) is 0 Å². The first kappa shape index (κ1) is 23.0. The number of nitrogens with zero attached hydrogens (tertiary/aromatic N) is 3. The first-order valence-electron chi connectivity index (χ1n) is 11.0. The van der Waals surface area contributed by atoms with Gasteiger partial charge in [-0.2, -0.15) is 5.10 Å². The van der Waals surface area contributed by atoms with Crippen LogP contribution in [-0.2, 0) is 18.4 Å². The Morgan fingerprint density at radius 3 is 2.41 bits per heavy atom. The van der Waals surface area contributed by atoms with Crippen LogP contribution in [0.4, 0.5) is 5.69 Å². The third-order valence-electron chi connectivity index (χ3n) is 5.59. The molecule has 0 saturated carbocycles. The predicted molar refractivity (Wildman–Crippen MR) is 122 cm³/mol. The highest BCUT2D eigenvalue weighted by Crippen LogP contribution is 2.23. The summed E-state index contributed by atoms with van der Waals surface area (Å²) >= 11 is 0. The SMILES string of the molecule is Cn1ncc(NC(=O)CCCCCN2C(=O)c3ccccc3C2=O)c1C(=O)NCc1ccco1. The second-order valence-electron chi connectivity index (χ2n) is 7.96. The fourth-order valence-electron chi connectivity index (χ4n) is 3.85. The summed E-state index contributed by atoms with van der Waals surface area (Å²) < 4.78 is 6.60. The van der Waals surface area contributed by atoms with Gasteiger partial charge in [-0.15, -0.1) is 0 Å². The molecule has 1 aliphatic heterocycles. The van der Waals surface area contributed by atoms with Gasteiger partial charge in [0.2, 0.25) is 5.91 Å². The molecule has 1 aliphatic rings. The lowest BCUT2D eigenvalue weighted by Crippen LogP contribution is -2.30. The summed E-state index contributed by atoms with van der Waals surface area (Å²) in [4.78, 5) is 51.0. The van der Waals surface area contributed by atoms with Gasteiger partial charge >= 0.3 is 0 Å². The molecule has 3 heterocycles. The maximum Gasteiger partial charge on any atom is 0.272 e. The summed E-state index contributed by atoms with van der Waals surface area (Å²) in [5.74, 6) is -0.552. The molecule has 10 nitrogen and oxygen atoms in total. The molecule has 0 bridgehead atoms. The van der Waals surface area contributed by atoms with E-state index in [1.807, 2.05) is 0 Å². The van der Waals surface area contributed by atoms with Crippen molar-refractivity contribution in [3.05, 3.63) is 71.4 Å². The lowest BCUT2D eigenvalue weighted by Gasteiger charge is -2.13. The van der Waals surface area contributed by atoms with Crippen LogP contribution < -0.4 is 10.6 Å². The van der Waals surface area contributed by atoms with Crippen molar-refractivity contribution in [1.82, 2.24) is 20.0 Å². The van der Waals surface area contributed by atoms with E-state index in [0.717, 1.165) is 0 Å². The number of imide groups is 1. The molecule has 3 aromatic rings. The zero-order valence-corrected chi connectivity index (χ0v) is 18.7. The van der Waals surface area contributed by atoms with Crippen molar-refractivity contribution in [3.63, 3.8) is 0 Å². The highest BCUT2D eigenvalue weighted by molar-refractivity contribution is 6.21. The number of furan rings is 1. The number of nitrogens with one attached hydrogen (secondary N) is 2. The molecule has 1 aromatic carbocycles. The zero-order chi connectivity index (χ0) is 24.1. The monoisotopic (exact) mass is 463 g/mol. The molecule has 0 unspecified atom stereocenters. The van der Waals surface area contributed by atoms with Gasteiger partial charge in [0, 0.05) is 20.0 Å². The van der Waals surface area contributed by atoms with Crippen LogP contribution in [0.5, 0.6) is 0 Å². The average molecular weight is 463 g/mol. The van der Waals surface area contributed by atoms with Gasteiger partial charge in [-0.3, -0.25) is 28.8 Å². The highest BCUT2D eigenvalue weighted by atomic mass is 16.3. The normalized spacial score (nSPS) is 12.7. The van der Waals surface area contributed by atoms with Gasteiger partial charge in [0.15, 0.2) is 0 Å². The second kappa shape index (κ2) is 10.2. The Morgan fingerprint density at radius 1 is 1.00 bits per heavy atom. The minimum atomic E-state index is -0.382. The zero-order valence-electron chi connectivity index (χ0n) is 18.7. The molecule has 2 aromatic heterocycles. The number of aryl methyl sites for hydroxylation is 1. The molecule has 4 amide bonds. The third kappa shape index (κ3) is 4.90. The number of hydrogen-bond donors (Lipinski definition) is 2. The number of carbonyl (C=O) groups is 4. The smallest absolute Gasteiger partial charge is 0.272 e. The lowest BCUT2D eigenvalue weighted by molar-refractivity contribution is -0.116. The molecular formula is C24H25N5O5. The van der Waals surface area contributed by atoms with Crippen molar-refractivity contribution in [3.8, 4) is 0 Å². The fraction of sp³-hybridized carbons (Fsp3) is 0.292. The first-order chi connectivity index (χ1) is 16.5. The molecular weight excluding hydrogens is 438 g/mol. The van der Waals surface area contributed by atoms with Crippen molar-refractivity contribution in [2.45, 2.75) is 32.2 Å². The van der Waals surface area contributed by atoms with Gasteiger partial charge in [-0.1, -0.05) is 18.6 Å². The Hall–Kier alpha value is -4.21. The number of aromatic nitrogens is 2. The molecule has 176 valence electrons. The molecule has 2 N–H and O–H groups in total. The van der Waals surface area contributed by atoms with E-state index >= 15 is 0 Å². The van der Waals surface area contributed by atoms with Crippen molar-refractivity contribution in [1.29, 1.82) is 0 Å². The molecule has 0 saturated heterocycles. The summed E-state index contributed by atoms with van der Waals surface area (Å²) in [5, 5.41) is 9.55. The second-order valence-corrected chi connectivity index (χ2v) is 7.96. The standard InChI is InChI=1S/C24H25N5O5/c1-28-21(22(31)25-14-16-8-7-13-34-16)19(15-26-28)27-20(30)11-3-2-6-12-29-23(32)17-9-4-5-10-18(17)24(29)33/h4-5,7-10,13,15H,2-3,6,11-12,14H2,1H3,(H,25,31)(H,27,30). The average Bonchev–Trinajstić information content (AvgIpc) is 3.53. The number of benzene rings is 1. The van der Waals surface area contributed by atoms with Gasteiger partial charge < -0.3 is 15.1 Å². The van der Waals surface area contributed by atoms with Gasteiger partial charge in [0.1, 0.15) is 11.5 Å². The minimum Gasteiger partial charge on any atom is -0.467 e. The number of hydrogen-bond acceptors (Lipinski definition) is 6. The molecule has 34 heavy (non-hydrogen) atoms. The van der Waals surface area contributed by atoms with E-state index in [9.17, 15) is 19.2 Å². The molecule has 0 fully saturated rings. The minimum absolute atomic E-state index is 0.220. The third-order valence-corrected chi connectivity index (χ3v) is 5.59. The van der Waals surface area contributed by atoms with Crippen LogP contribution in [0, 0.1) is 0 Å². The Bertz CT molecular complexity index is 1180. The number of amides is 4. The van der Waals surface area contributed by atoms with E-state index in [1.165, 1.54) is 22.0 Å². The Balaban J connectivity index is 1.21. The molecule has 0 aliphatic carbocycles. The maximum absolute atomic E-state index is 12.6. The van der Waals surface area contributed by atoms with Crippen LogP contribution >= 0.6 is 0 Å². The Kier molecular flexibility index (Phi) is 6.86. The number of unbranched alkanes of at least 4 members (excludes halogenated alkanes) is 2. The maximum atomic E-state index is 12.6. The van der Waals surface area contributed by atoms with Gasteiger partial charge in [-0.05, 0) is 37.1 Å². The first-order valence-corrected chi connectivity index (χ1v) is 11.0. The number of carbonyl (C=O) groups excluding carboxylic acids is 4.